The molecule has 7 nitrogen and oxygen atoms in total. The molecule has 2 aliphatic rings. The fraction of sp³-hybridized carbons (Fsp3) is 0.435. The van der Waals surface area contributed by atoms with Crippen molar-refractivity contribution in [1.82, 2.24) is 9.80 Å². The smallest absolute Gasteiger partial charge is 0.282 e. The normalized spacial score (nSPS) is 21.7. The van der Waals surface area contributed by atoms with Crippen molar-refractivity contribution in [3.8, 4) is 0 Å². The maximum Gasteiger partial charge on any atom is 0.282 e. The fourth-order valence-corrected chi connectivity index (χ4v) is 4.49. The lowest BCUT2D eigenvalue weighted by atomic mass is 10.1. The predicted octanol–water partition coefficient (Wildman–Crippen LogP) is 3.76. The molecular weight excluding hydrogens is 380 g/mol. The molecule has 2 aromatic carbocycles. The summed E-state index contributed by atoms with van der Waals surface area (Å²) in [5.74, 6) is 0.190. The van der Waals surface area contributed by atoms with Gasteiger partial charge < -0.3 is 10.2 Å². The number of carbonyl (C=O) groups is 1. The summed E-state index contributed by atoms with van der Waals surface area (Å²) >= 11 is 0. The summed E-state index contributed by atoms with van der Waals surface area (Å²) in [6, 6.07) is 15.5. The highest BCUT2D eigenvalue weighted by molar-refractivity contribution is 5.99. The molecule has 158 valence electrons. The van der Waals surface area contributed by atoms with E-state index < -0.39 is 4.92 Å². The van der Waals surface area contributed by atoms with Crippen LogP contribution in [0.15, 0.2) is 48.5 Å². The van der Waals surface area contributed by atoms with Crippen molar-refractivity contribution in [3.63, 3.8) is 0 Å². The summed E-state index contributed by atoms with van der Waals surface area (Å²) in [6.45, 7) is 6.33. The highest BCUT2D eigenvalue weighted by Crippen LogP contribution is 2.28. The Morgan fingerprint density at radius 2 is 1.87 bits per heavy atom. The van der Waals surface area contributed by atoms with Crippen molar-refractivity contribution < 1.29 is 9.72 Å². The van der Waals surface area contributed by atoms with Gasteiger partial charge in [-0.2, -0.15) is 0 Å². The second-order valence-electron chi connectivity index (χ2n) is 8.40. The summed E-state index contributed by atoms with van der Waals surface area (Å²) in [5.41, 5.74) is 2.11. The Morgan fingerprint density at radius 1 is 1.13 bits per heavy atom. The third-order valence-electron chi connectivity index (χ3n) is 6.11. The van der Waals surface area contributed by atoms with Gasteiger partial charge in [-0.15, -0.1) is 0 Å². The summed E-state index contributed by atoms with van der Waals surface area (Å²) in [5, 5.41) is 15.0. The molecule has 30 heavy (non-hydrogen) atoms. The number of likely N-dealkylation sites (tertiary alicyclic amines) is 2. The first-order valence-corrected chi connectivity index (χ1v) is 10.6. The van der Waals surface area contributed by atoms with E-state index in [1.165, 1.54) is 11.6 Å². The van der Waals surface area contributed by atoms with Crippen LogP contribution in [-0.2, 0) is 6.54 Å². The van der Waals surface area contributed by atoms with Crippen LogP contribution in [0.3, 0.4) is 0 Å². The number of benzene rings is 2. The molecule has 7 heteroatoms. The van der Waals surface area contributed by atoms with Crippen LogP contribution in [0.4, 0.5) is 11.4 Å². The third kappa shape index (κ3) is 4.46. The van der Waals surface area contributed by atoms with Gasteiger partial charge in [-0.1, -0.05) is 37.3 Å². The number of hydrogen-bond donors (Lipinski definition) is 1. The zero-order valence-electron chi connectivity index (χ0n) is 17.3. The number of carbonyl (C=O) groups excluding carboxylic acids is 1. The van der Waals surface area contributed by atoms with Gasteiger partial charge in [-0.05, 0) is 36.5 Å². The van der Waals surface area contributed by atoms with Gasteiger partial charge >= 0.3 is 0 Å². The van der Waals surface area contributed by atoms with Crippen molar-refractivity contribution in [2.45, 2.75) is 32.4 Å². The van der Waals surface area contributed by atoms with Gasteiger partial charge in [0.1, 0.15) is 5.56 Å². The maximum absolute atomic E-state index is 12.9. The van der Waals surface area contributed by atoms with Gasteiger partial charge in [-0.25, -0.2) is 0 Å². The minimum Gasteiger partial charge on any atom is -0.381 e. The van der Waals surface area contributed by atoms with Crippen LogP contribution in [0, 0.1) is 16.0 Å². The topological polar surface area (TPSA) is 78.7 Å². The molecule has 2 unspecified atom stereocenters. The van der Waals surface area contributed by atoms with Gasteiger partial charge in [0.05, 0.1) is 4.92 Å². The lowest BCUT2D eigenvalue weighted by Gasteiger charge is -2.20. The van der Waals surface area contributed by atoms with Crippen LogP contribution in [0.1, 0.15) is 35.7 Å². The zero-order valence-corrected chi connectivity index (χ0v) is 17.3. The number of nitro benzene ring substituents is 1. The van der Waals surface area contributed by atoms with E-state index in [2.05, 4.69) is 41.4 Å². The summed E-state index contributed by atoms with van der Waals surface area (Å²) in [7, 11) is 0. The van der Waals surface area contributed by atoms with Gasteiger partial charge in [0.2, 0.25) is 0 Å². The minimum absolute atomic E-state index is 0.123. The van der Waals surface area contributed by atoms with Crippen LogP contribution in [0.5, 0.6) is 0 Å². The van der Waals surface area contributed by atoms with Crippen molar-refractivity contribution in [3.05, 3.63) is 69.8 Å². The number of anilines is 1. The van der Waals surface area contributed by atoms with Crippen molar-refractivity contribution in [2.24, 2.45) is 5.92 Å². The quantitative estimate of drug-likeness (QED) is 0.582. The number of nitrogens with zero attached hydrogens (tertiary/aromatic N) is 3. The predicted molar refractivity (Wildman–Crippen MR) is 117 cm³/mol. The molecular formula is C23H28N4O3. The number of amides is 1. The fourth-order valence-electron chi connectivity index (χ4n) is 4.49. The third-order valence-corrected chi connectivity index (χ3v) is 6.11. The Balaban J connectivity index is 1.48. The average molecular weight is 409 g/mol. The molecule has 2 atom stereocenters. The average Bonchev–Trinajstić information content (AvgIpc) is 3.38. The largest absolute Gasteiger partial charge is 0.381 e. The van der Waals surface area contributed by atoms with E-state index in [1.54, 1.807) is 17.0 Å². The number of nitrogens with one attached hydrogen (secondary N) is 1. The van der Waals surface area contributed by atoms with E-state index >= 15 is 0 Å². The number of hydrogen-bond acceptors (Lipinski definition) is 5. The molecule has 2 saturated heterocycles. The van der Waals surface area contributed by atoms with Crippen LogP contribution in [0.25, 0.3) is 0 Å². The molecule has 2 fully saturated rings. The molecule has 1 amide bonds. The van der Waals surface area contributed by atoms with Gasteiger partial charge in [0, 0.05) is 50.5 Å². The minimum atomic E-state index is -0.465. The van der Waals surface area contributed by atoms with E-state index in [0.717, 1.165) is 38.2 Å². The maximum atomic E-state index is 12.9. The Bertz CT molecular complexity index is 912. The second-order valence-corrected chi connectivity index (χ2v) is 8.40. The van der Waals surface area contributed by atoms with E-state index in [1.807, 2.05) is 6.07 Å². The van der Waals surface area contributed by atoms with Crippen molar-refractivity contribution in [1.29, 1.82) is 0 Å². The molecule has 0 saturated carbocycles. The zero-order chi connectivity index (χ0) is 21.1. The highest BCUT2D eigenvalue weighted by Gasteiger charge is 2.31. The first kappa shape index (κ1) is 20.3. The molecule has 0 spiro atoms. The van der Waals surface area contributed by atoms with E-state index in [4.69, 9.17) is 0 Å². The molecule has 1 N–H and O–H groups in total. The van der Waals surface area contributed by atoms with E-state index in [9.17, 15) is 14.9 Å². The molecule has 0 aromatic heterocycles. The lowest BCUT2D eigenvalue weighted by molar-refractivity contribution is -0.385. The van der Waals surface area contributed by atoms with Crippen LogP contribution >= 0.6 is 0 Å². The van der Waals surface area contributed by atoms with Crippen LogP contribution in [-0.4, -0.2) is 52.9 Å². The van der Waals surface area contributed by atoms with Crippen LogP contribution < -0.4 is 5.32 Å². The van der Waals surface area contributed by atoms with Crippen molar-refractivity contribution >= 4 is 17.3 Å². The van der Waals surface area contributed by atoms with E-state index in [0.29, 0.717) is 19.0 Å². The molecule has 0 radical (unpaired) electrons. The molecule has 2 heterocycles. The number of nitro groups is 1. The van der Waals surface area contributed by atoms with Crippen LogP contribution in [0.2, 0.25) is 0 Å². The Morgan fingerprint density at radius 3 is 2.57 bits per heavy atom. The number of rotatable bonds is 6. The lowest BCUT2D eigenvalue weighted by Crippen LogP contribution is -2.29. The van der Waals surface area contributed by atoms with Crippen molar-refractivity contribution in [2.75, 3.05) is 31.5 Å². The monoisotopic (exact) mass is 408 g/mol. The highest BCUT2D eigenvalue weighted by atomic mass is 16.6. The Kier molecular flexibility index (Phi) is 5.99. The van der Waals surface area contributed by atoms with Gasteiger partial charge in [-0.3, -0.25) is 19.8 Å². The molecule has 4 rings (SSSR count). The molecule has 2 aromatic rings. The van der Waals surface area contributed by atoms with Gasteiger partial charge in [0.25, 0.3) is 11.6 Å². The first-order valence-electron chi connectivity index (χ1n) is 10.6. The molecule has 2 aliphatic heterocycles. The summed E-state index contributed by atoms with van der Waals surface area (Å²) < 4.78 is 0. The summed E-state index contributed by atoms with van der Waals surface area (Å²) in [4.78, 5) is 28.0. The SMILES string of the molecule is CC1CN(Cc2ccccc2)CC1Nc1ccc([N+](=O)[O-])c(C(=O)N2CCCC2)c1. The second kappa shape index (κ2) is 8.83. The Hall–Kier alpha value is -2.93. The Labute approximate surface area is 176 Å². The molecule has 0 bridgehead atoms. The summed E-state index contributed by atoms with van der Waals surface area (Å²) in [6.07, 6.45) is 1.91. The molecule has 0 aliphatic carbocycles. The van der Waals surface area contributed by atoms with E-state index in [-0.39, 0.29) is 23.2 Å². The standard InChI is InChI=1S/C23H28N4O3/c1-17-14-25(15-18-7-3-2-4-8-18)16-21(17)24-19-9-10-22(27(29)30)20(13-19)23(28)26-11-5-6-12-26/h2-4,7-10,13,17,21,24H,5-6,11-12,14-16H2,1H3. The van der Waals surface area contributed by atoms with Gasteiger partial charge in [0.15, 0.2) is 0 Å². The first-order chi connectivity index (χ1) is 14.5.